The van der Waals surface area contributed by atoms with Gasteiger partial charge < -0.3 is 4.90 Å². The predicted molar refractivity (Wildman–Crippen MR) is 79.5 cm³/mol. The second kappa shape index (κ2) is 5.67. The van der Waals surface area contributed by atoms with E-state index in [0.717, 1.165) is 43.4 Å². The molecule has 7 heteroatoms. The van der Waals surface area contributed by atoms with Gasteiger partial charge in [-0.3, -0.25) is 4.98 Å². The van der Waals surface area contributed by atoms with Gasteiger partial charge in [-0.25, -0.2) is 19.9 Å². The molecule has 0 spiro atoms. The Morgan fingerprint density at radius 3 is 3.00 bits per heavy atom. The third-order valence-corrected chi connectivity index (χ3v) is 3.83. The highest BCUT2D eigenvalue weighted by atomic mass is 16.1. The standard InChI is InChI=1S/C14H20N6O/c1-9(2)12-15-6-5-11(16-12)20-7-3-4-10(8-20)13-17-14(21)19-18-13/h5-6,9-10H,3-4,7-8H2,1-2H3,(H2,17,18,19,21). The summed E-state index contributed by atoms with van der Waals surface area (Å²) in [6.45, 7) is 5.97. The molecule has 1 unspecified atom stereocenters. The van der Waals surface area contributed by atoms with Crippen LogP contribution in [0.25, 0.3) is 0 Å². The maximum Gasteiger partial charge on any atom is 0.340 e. The van der Waals surface area contributed by atoms with Crippen LogP contribution in [0.3, 0.4) is 0 Å². The van der Waals surface area contributed by atoms with Crippen LogP contribution in [0.15, 0.2) is 17.1 Å². The lowest BCUT2D eigenvalue weighted by molar-refractivity contribution is 0.488. The van der Waals surface area contributed by atoms with Gasteiger partial charge in [-0.15, -0.1) is 0 Å². The number of H-pyrrole nitrogens is 2. The van der Waals surface area contributed by atoms with Crippen LogP contribution in [0.2, 0.25) is 0 Å². The summed E-state index contributed by atoms with van der Waals surface area (Å²) in [5.74, 6) is 3.10. The third-order valence-electron chi connectivity index (χ3n) is 3.83. The van der Waals surface area contributed by atoms with Crippen molar-refractivity contribution in [1.29, 1.82) is 0 Å². The molecule has 21 heavy (non-hydrogen) atoms. The van der Waals surface area contributed by atoms with Crippen LogP contribution < -0.4 is 10.6 Å². The van der Waals surface area contributed by atoms with E-state index in [4.69, 9.17) is 0 Å². The minimum atomic E-state index is -0.244. The fourth-order valence-electron chi connectivity index (χ4n) is 2.70. The normalized spacial score (nSPS) is 19.2. The lowest BCUT2D eigenvalue weighted by atomic mass is 9.97. The predicted octanol–water partition coefficient (Wildman–Crippen LogP) is 1.40. The first-order valence-electron chi connectivity index (χ1n) is 7.36. The summed E-state index contributed by atoms with van der Waals surface area (Å²) in [5, 5.41) is 6.50. The maximum absolute atomic E-state index is 11.2. The van der Waals surface area contributed by atoms with E-state index in [1.165, 1.54) is 0 Å². The van der Waals surface area contributed by atoms with Crippen molar-refractivity contribution in [1.82, 2.24) is 25.1 Å². The number of anilines is 1. The number of rotatable bonds is 3. The van der Waals surface area contributed by atoms with E-state index in [9.17, 15) is 4.79 Å². The molecule has 0 amide bonds. The van der Waals surface area contributed by atoms with Crippen LogP contribution >= 0.6 is 0 Å². The molecule has 1 aliphatic rings. The van der Waals surface area contributed by atoms with Crippen LogP contribution in [-0.2, 0) is 0 Å². The van der Waals surface area contributed by atoms with Crippen LogP contribution in [-0.4, -0.2) is 38.2 Å². The van der Waals surface area contributed by atoms with Gasteiger partial charge in [-0.1, -0.05) is 13.8 Å². The second-order valence-electron chi connectivity index (χ2n) is 5.78. The first-order chi connectivity index (χ1) is 10.1. The average molecular weight is 288 g/mol. The van der Waals surface area contributed by atoms with E-state index in [0.29, 0.717) is 5.92 Å². The summed E-state index contributed by atoms with van der Waals surface area (Å²) in [5.41, 5.74) is -0.244. The first kappa shape index (κ1) is 13.8. The number of aromatic nitrogens is 5. The quantitative estimate of drug-likeness (QED) is 0.890. The van der Waals surface area contributed by atoms with Gasteiger partial charge in [0.15, 0.2) is 0 Å². The molecule has 112 valence electrons. The fraction of sp³-hybridized carbons (Fsp3) is 0.571. The minimum Gasteiger partial charge on any atom is -0.356 e. The molecule has 0 aliphatic carbocycles. The molecular formula is C14H20N6O. The topological polar surface area (TPSA) is 90.6 Å². The Morgan fingerprint density at radius 2 is 2.29 bits per heavy atom. The van der Waals surface area contributed by atoms with Gasteiger partial charge in [0.05, 0.1) is 0 Å². The molecule has 2 N–H and O–H groups in total. The fourth-order valence-corrected chi connectivity index (χ4v) is 2.70. The minimum absolute atomic E-state index is 0.232. The lowest BCUT2D eigenvalue weighted by Crippen LogP contribution is -2.35. The van der Waals surface area contributed by atoms with Crippen LogP contribution in [0.4, 0.5) is 5.82 Å². The Kier molecular flexibility index (Phi) is 3.72. The molecule has 1 saturated heterocycles. The Labute approximate surface area is 122 Å². The summed E-state index contributed by atoms with van der Waals surface area (Å²) >= 11 is 0. The number of aromatic amines is 2. The van der Waals surface area contributed by atoms with Crippen LogP contribution in [0.5, 0.6) is 0 Å². The monoisotopic (exact) mass is 288 g/mol. The van der Waals surface area contributed by atoms with Crippen molar-refractivity contribution in [2.75, 3.05) is 18.0 Å². The maximum atomic E-state index is 11.2. The molecule has 0 bridgehead atoms. The molecule has 2 aromatic heterocycles. The molecule has 1 fully saturated rings. The Hall–Kier alpha value is -2.18. The third kappa shape index (κ3) is 2.96. The highest BCUT2D eigenvalue weighted by Gasteiger charge is 2.25. The zero-order valence-electron chi connectivity index (χ0n) is 12.3. The van der Waals surface area contributed by atoms with E-state index in [1.54, 1.807) is 0 Å². The SMILES string of the molecule is CC(C)c1nccc(N2CCCC(c3n[nH]c(=O)[nH]3)C2)n1. The average Bonchev–Trinajstić information content (AvgIpc) is 2.94. The summed E-state index contributed by atoms with van der Waals surface area (Å²) in [4.78, 5) is 25.2. The van der Waals surface area contributed by atoms with E-state index in [2.05, 4.69) is 43.9 Å². The molecule has 1 atom stereocenters. The van der Waals surface area contributed by atoms with Crippen molar-refractivity contribution in [3.8, 4) is 0 Å². The van der Waals surface area contributed by atoms with Crippen molar-refractivity contribution < 1.29 is 0 Å². The van der Waals surface area contributed by atoms with Gasteiger partial charge in [0.1, 0.15) is 17.5 Å². The van der Waals surface area contributed by atoms with Gasteiger partial charge in [0, 0.05) is 31.1 Å². The molecule has 2 aromatic rings. The van der Waals surface area contributed by atoms with E-state index >= 15 is 0 Å². The largest absolute Gasteiger partial charge is 0.356 e. The van der Waals surface area contributed by atoms with E-state index < -0.39 is 0 Å². The van der Waals surface area contributed by atoms with E-state index in [-0.39, 0.29) is 11.6 Å². The zero-order valence-corrected chi connectivity index (χ0v) is 12.3. The molecular weight excluding hydrogens is 268 g/mol. The van der Waals surface area contributed by atoms with Gasteiger partial charge in [0.2, 0.25) is 0 Å². The molecule has 0 aromatic carbocycles. The Bertz CT molecular complexity index is 661. The van der Waals surface area contributed by atoms with Crippen LogP contribution in [0, 0.1) is 0 Å². The van der Waals surface area contributed by atoms with Crippen molar-refractivity contribution in [2.45, 2.75) is 38.5 Å². The molecule has 3 rings (SSSR count). The van der Waals surface area contributed by atoms with Crippen LogP contribution in [0.1, 0.15) is 50.2 Å². The number of piperidine rings is 1. The molecule has 0 radical (unpaired) electrons. The van der Waals surface area contributed by atoms with E-state index in [1.807, 2.05) is 12.3 Å². The summed E-state index contributed by atoms with van der Waals surface area (Å²) < 4.78 is 0. The number of hydrogen-bond donors (Lipinski definition) is 2. The van der Waals surface area contributed by atoms with Gasteiger partial charge in [0.25, 0.3) is 0 Å². The Morgan fingerprint density at radius 1 is 1.43 bits per heavy atom. The summed E-state index contributed by atoms with van der Waals surface area (Å²) in [7, 11) is 0. The van der Waals surface area contributed by atoms with Gasteiger partial charge in [-0.2, -0.15) is 5.10 Å². The number of hydrogen-bond acceptors (Lipinski definition) is 5. The van der Waals surface area contributed by atoms with Gasteiger partial charge >= 0.3 is 5.69 Å². The lowest BCUT2D eigenvalue weighted by Gasteiger charge is -2.32. The van der Waals surface area contributed by atoms with Gasteiger partial charge in [-0.05, 0) is 18.9 Å². The molecule has 3 heterocycles. The number of nitrogens with one attached hydrogen (secondary N) is 2. The summed E-state index contributed by atoms with van der Waals surface area (Å²) in [6, 6.07) is 1.95. The van der Waals surface area contributed by atoms with Crippen molar-refractivity contribution in [3.63, 3.8) is 0 Å². The zero-order chi connectivity index (χ0) is 14.8. The molecule has 7 nitrogen and oxygen atoms in total. The number of nitrogens with zero attached hydrogens (tertiary/aromatic N) is 4. The van der Waals surface area contributed by atoms with Crippen molar-refractivity contribution in [2.24, 2.45) is 0 Å². The second-order valence-corrected chi connectivity index (χ2v) is 5.78. The Balaban J connectivity index is 1.79. The van der Waals surface area contributed by atoms with Crippen molar-refractivity contribution in [3.05, 3.63) is 34.4 Å². The summed E-state index contributed by atoms with van der Waals surface area (Å²) in [6.07, 6.45) is 3.90. The first-order valence-corrected chi connectivity index (χ1v) is 7.36. The highest BCUT2D eigenvalue weighted by Crippen LogP contribution is 2.27. The smallest absolute Gasteiger partial charge is 0.340 e. The highest BCUT2D eigenvalue weighted by molar-refractivity contribution is 5.39. The molecule has 0 saturated carbocycles. The molecule has 1 aliphatic heterocycles. The van der Waals surface area contributed by atoms with Crippen molar-refractivity contribution >= 4 is 5.82 Å².